The van der Waals surface area contributed by atoms with Gasteiger partial charge in [0.15, 0.2) is 0 Å². The van der Waals surface area contributed by atoms with Gasteiger partial charge in [-0.1, -0.05) is 55.5 Å². The second-order valence-electron chi connectivity index (χ2n) is 4.50. The monoisotopic (exact) mass is 241 g/mol. The molecular formula is C16H19NO. The molecule has 0 saturated carbocycles. The SMILES string of the molecule is C/C=C\N1C(=O)[C@@H](CC)[C@@H]1/C=C/c1ccccc1. The molecule has 0 aromatic heterocycles. The molecule has 2 rings (SSSR count). The van der Waals surface area contributed by atoms with Gasteiger partial charge in [-0.2, -0.15) is 0 Å². The van der Waals surface area contributed by atoms with E-state index in [0.29, 0.717) is 0 Å². The van der Waals surface area contributed by atoms with Gasteiger partial charge in [-0.05, 0) is 18.9 Å². The van der Waals surface area contributed by atoms with Crippen LogP contribution in [-0.4, -0.2) is 16.8 Å². The normalized spacial score (nSPS) is 23.9. The zero-order valence-corrected chi connectivity index (χ0v) is 10.9. The molecule has 0 bridgehead atoms. The van der Waals surface area contributed by atoms with E-state index in [4.69, 9.17) is 0 Å². The lowest BCUT2D eigenvalue weighted by Gasteiger charge is -2.43. The second-order valence-corrected chi connectivity index (χ2v) is 4.50. The average Bonchev–Trinajstić information content (AvgIpc) is 2.41. The Morgan fingerprint density at radius 3 is 2.61 bits per heavy atom. The van der Waals surface area contributed by atoms with Gasteiger partial charge in [0.2, 0.25) is 5.91 Å². The molecule has 1 amide bonds. The Bertz CT molecular complexity index is 461. The summed E-state index contributed by atoms with van der Waals surface area (Å²) in [5, 5.41) is 0. The Morgan fingerprint density at radius 1 is 1.28 bits per heavy atom. The number of hydrogen-bond acceptors (Lipinski definition) is 1. The molecule has 0 N–H and O–H groups in total. The van der Waals surface area contributed by atoms with Crippen molar-refractivity contribution in [3.05, 3.63) is 54.2 Å². The molecule has 1 aromatic rings. The first kappa shape index (κ1) is 12.6. The summed E-state index contributed by atoms with van der Waals surface area (Å²) in [6, 6.07) is 10.4. The molecule has 1 fully saturated rings. The molecule has 0 aliphatic carbocycles. The summed E-state index contributed by atoms with van der Waals surface area (Å²) in [6.07, 6.45) is 8.90. The van der Waals surface area contributed by atoms with Crippen LogP contribution in [0, 0.1) is 5.92 Å². The van der Waals surface area contributed by atoms with E-state index < -0.39 is 0 Å². The van der Waals surface area contributed by atoms with E-state index in [-0.39, 0.29) is 17.9 Å². The van der Waals surface area contributed by atoms with Gasteiger partial charge in [-0.15, -0.1) is 0 Å². The third kappa shape index (κ3) is 2.37. The highest BCUT2D eigenvalue weighted by molar-refractivity contribution is 5.88. The van der Waals surface area contributed by atoms with Gasteiger partial charge >= 0.3 is 0 Å². The van der Waals surface area contributed by atoms with Crippen molar-refractivity contribution in [1.82, 2.24) is 4.90 Å². The van der Waals surface area contributed by atoms with Crippen molar-refractivity contribution in [3.8, 4) is 0 Å². The number of nitrogens with zero attached hydrogens (tertiary/aromatic N) is 1. The molecule has 1 aliphatic rings. The maximum atomic E-state index is 11.8. The van der Waals surface area contributed by atoms with Gasteiger partial charge in [-0.3, -0.25) is 4.79 Å². The van der Waals surface area contributed by atoms with E-state index >= 15 is 0 Å². The van der Waals surface area contributed by atoms with Gasteiger partial charge in [-0.25, -0.2) is 0 Å². The number of β-lactam (4-membered cyclic amide) rings is 1. The van der Waals surface area contributed by atoms with E-state index in [1.165, 1.54) is 5.56 Å². The van der Waals surface area contributed by atoms with Crippen LogP contribution in [0.15, 0.2) is 48.7 Å². The van der Waals surface area contributed by atoms with Crippen molar-refractivity contribution < 1.29 is 4.79 Å². The minimum atomic E-state index is 0.140. The molecule has 0 radical (unpaired) electrons. The number of hydrogen-bond donors (Lipinski definition) is 0. The highest BCUT2D eigenvalue weighted by Gasteiger charge is 2.42. The van der Waals surface area contributed by atoms with Crippen molar-refractivity contribution in [2.45, 2.75) is 26.3 Å². The first-order chi connectivity index (χ1) is 8.77. The van der Waals surface area contributed by atoms with E-state index in [1.807, 2.05) is 42.3 Å². The Morgan fingerprint density at radius 2 is 2.00 bits per heavy atom. The minimum absolute atomic E-state index is 0.140. The van der Waals surface area contributed by atoms with Crippen LogP contribution in [0.4, 0.5) is 0 Å². The molecule has 18 heavy (non-hydrogen) atoms. The fourth-order valence-electron chi connectivity index (χ4n) is 2.35. The average molecular weight is 241 g/mol. The summed E-state index contributed by atoms with van der Waals surface area (Å²) in [6.45, 7) is 4.00. The van der Waals surface area contributed by atoms with Crippen LogP contribution in [0.1, 0.15) is 25.8 Å². The number of carbonyl (C=O) groups is 1. The van der Waals surface area contributed by atoms with Crippen molar-refractivity contribution in [3.63, 3.8) is 0 Å². The number of amides is 1. The van der Waals surface area contributed by atoms with Crippen molar-refractivity contribution in [2.24, 2.45) is 5.92 Å². The van der Waals surface area contributed by atoms with Crippen LogP contribution in [0.3, 0.4) is 0 Å². The molecule has 94 valence electrons. The maximum Gasteiger partial charge on any atom is 0.232 e. The summed E-state index contributed by atoms with van der Waals surface area (Å²) < 4.78 is 0. The smallest absolute Gasteiger partial charge is 0.232 e. The molecular weight excluding hydrogens is 222 g/mol. The van der Waals surface area contributed by atoms with Crippen LogP contribution < -0.4 is 0 Å². The Balaban J connectivity index is 2.11. The lowest BCUT2D eigenvalue weighted by molar-refractivity contribution is -0.148. The van der Waals surface area contributed by atoms with Crippen molar-refractivity contribution in [2.75, 3.05) is 0 Å². The first-order valence-electron chi connectivity index (χ1n) is 6.46. The fraction of sp³-hybridized carbons (Fsp3) is 0.312. The van der Waals surface area contributed by atoms with Crippen LogP contribution in [0.25, 0.3) is 6.08 Å². The molecule has 1 heterocycles. The van der Waals surface area contributed by atoms with Crippen LogP contribution in [0.2, 0.25) is 0 Å². The molecule has 2 atom stereocenters. The van der Waals surface area contributed by atoms with Crippen molar-refractivity contribution >= 4 is 12.0 Å². The molecule has 0 spiro atoms. The van der Waals surface area contributed by atoms with Gasteiger partial charge in [0, 0.05) is 6.20 Å². The topological polar surface area (TPSA) is 20.3 Å². The Kier molecular flexibility index (Phi) is 3.98. The van der Waals surface area contributed by atoms with Crippen LogP contribution in [-0.2, 0) is 4.79 Å². The van der Waals surface area contributed by atoms with Crippen LogP contribution >= 0.6 is 0 Å². The van der Waals surface area contributed by atoms with Gasteiger partial charge < -0.3 is 4.90 Å². The molecule has 1 aliphatic heterocycles. The highest BCUT2D eigenvalue weighted by atomic mass is 16.2. The molecule has 2 nitrogen and oxygen atoms in total. The zero-order valence-electron chi connectivity index (χ0n) is 10.9. The number of rotatable bonds is 4. The largest absolute Gasteiger partial charge is 0.311 e. The lowest BCUT2D eigenvalue weighted by atomic mass is 9.85. The number of carbonyl (C=O) groups excluding carboxylic acids is 1. The summed E-state index contributed by atoms with van der Waals surface area (Å²) in [5.74, 6) is 0.375. The third-order valence-corrected chi connectivity index (χ3v) is 3.34. The maximum absolute atomic E-state index is 11.8. The standard InChI is InChI=1S/C16H19NO/c1-3-12-17-15(14(4-2)16(17)18)11-10-13-8-6-5-7-9-13/h3,5-12,14-15H,4H2,1-2H3/b11-10+,12-3-/t14-,15-/m0/s1. The molecule has 1 saturated heterocycles. The van der Waals surface area contributed by atoms with Crippen LogP contribution in [0.5, 0.6) is 0 Å². The molecule has 1 aromatic carbocycles. The fourth-order valence-corrected chi connectivity index (χ4v) is 2.35. The summed E-state index contributed by atoms with van der Waals surface area (Å²) in [7, 11) is 0. The van der Waals surface area contributed by atoms with E-state index in [1.54, 1.807) is 0 Å². The Hall–Kier alpha value is -1.83. The summed E-state index contributed by atoms with van der Waals surface area (Å²) in [5.41, 5.74) is 1.17. The number of allylic oxidation sites excluding steroid dienone is 1. The van der Waals surface area contributed by atoms with Gasteiger partial charge in [0.1, 0.15) is 0 Å². The third-order valence-electron chi connectivity index (χ3n) is 3.34. The van der Waals surface area contributed by atoms with Gasteiger partial charge in [0.05, 0.1) is 12.0 Å². The van der Waals surface area contributed by atoms with E-state index in [9.17, 15) is 4.79 Å². The predicted molar refractivity (Wildman–Crippen MR) is 74.7 cm³/mol. The first-order valence-corrected chi connectivity index (χ1v) is 6.46. The second kappa shape index (κ2) is 5.67. The molecule has 0 unspecified atom stereocenters. The predicted octanol–water partition coefficient (Wildman–Crippen LogP) is 3.47. The Labute approximate surface area is 109 Å². The van der Waals surface area contributed by atoms with E-state index in [2.05, 4.69) is 31.2 Å². The van der Waals surface area contributed by atoms with Gasteiger partial charge in [0.25, 0.3) is 0 Å². The van der Waals surface area contributed by atoms with Crippen molar-refractivity contribution in [1.29, 1.82) is 0 Å². The zero-order chi connectivity index (χ0) is 13.0. The summed E-state index contributed by atoms with van der Waals surface area (Å²) in [4.78, 5) is 13.7. The quantitative estimate of drug-likeness (QED) is 0.739. The lowest BCUT2D eigenvalue weighted by Crippen LogP contribution is -2.56. The minimum Gasteiger partial charge on any atom is -0.311 e. The number of likely N-dealkylation sites (tertiary alicyclic amines) is 1. The summed E-state index contributed by atoms with van der Waals surface area (Å²) >= 11 is 0. The highest BCUT2D eigenvalue weighted by Crippen LogP contribution is 2.31. The molecule has 2 heteroatoms. The van der Waals surface area contributed by atoms with E-state index in [0.717, 1.165) is 6.42 Å². The number of benzene rings is 1.